The number of carbonyl (C=O) groups excluding carboxylic acids is 1. The number of aromatic nitrogens is 2. The van der Waals surface area contributed by atoms with Crippen molar-refractivity contribution in [1.29, 1.82) is 0 Å². The first-order valence-corrected chi connectivity index (χ1v) is 11.0. The van der Waals surface area contributed by atoms with Crippen LogP contribution in [-0.2, 0) is 6.42 Å². The van der Waals surface area contributed by atoms with Crippen molar-refractivity contribution in [2.45, 2.75) is 32.2 Å². The lowest BCUT2D eigenvalue weighted by Gasteiger charge is -2.22. The van der Waals surface area contributed by atoms with E-state index < -0.39 is 0 Å². The van der Waals surface area contributed by atoms with Crippen molar-refractivity contribution >= 4 is 33.3 Å². The molecule has 3 heterocycles. The van der Waals surface area contributed by atoms with Gasteiger partial charge in [0, 0.05) is 13.1 Å². The zero-order valence-corrected chi connectivity index (χ0v) is 18.0. The number of benzene rings is 1. The van der Waals surface area contributed by atoms with Crippen LogP contribution in [-0.4, -0.2) is 58.7 Å². The van der Waals surface area contributed by atoms with E-state index in [9.17, 15) is 9.90 Å². The highest BCUT2D eigenvalue weighted by Crippen LogP contribution is 2.35. The average Bonchev–Trinajstić information content (AvgIpc) is 3.38. The number of thiophene rings is 1. The molecule has 30 heavy (non-hydrogen) atoms. The number of aliphatic hydroxyl groups is 1. The van der Waals surface area contributed by atoms with Crippen molar-refractivity contribution in [2.75, 3.05) is 32.1 Å². The standard InChI is InChI=1S/C22H26N4O3S/c1-14-18-20(23-9-8-15-5-3-7-17(11-15)29-2)24-13-25-21(18)30-19(14)22(28)26-10-4-6-16(26)12-27/h3,5,7,11,13,16,27H,4,6,8-10,12H2,1-2H3,(H,23,24,25)/t16-/m0/s1. The molecular weight excluding hydrogens is 400 g/mol. The number of nitrogens with zero attached hydrogens (tertiary/aromatic N) is 3. The molecule has 1 aliphatic heterocycles. The molecule has 1 aliphatic rings. The maximum Gasteiger partial charge on any atom is 0.264 e. The number of carbonyl (C=O) groups is 1. The molecular formula is C22H26N4O3S. The van der Waals surface area contributed by atoms with Gasteiger partial charge in [0.05, 0.1) is 30.0 Å². The van der Waals surface area contributed by atoms with Gasteiger partial charge in [-0.15, -0.1) is 11.3 Å². The smallest absolute Gasteiger partial charge is 0.264 e. The first-order chi connectivity index (χ1) is 14.6. The van der Waals surface area contributed by atoms with Gasteiger partial charge < -0.3 is 20.1 Å². The Bertz CT molecular complexity index is 1050. The molecule has 158 valence electrons. The molecule has 1 amide bonds. The quantitative estimate of drug-likeness (QED) is 0.603. The van der Waals surface area contributed by atoms with Gasteiger partial charge in [-0.1, -0.05) is 12.1 Å². The normalized spacial score (nSPS) is 16.2. The third kappa shape index (κ3) is 3.97. The number of rotatable bonds is 7. The molecule has 0 aliphatic carbocycles. The average molecular weight is 427 g/mol. The lowest BCUT2D eigenvalue weighted by atomic mass is 10.1. The summed E-state index contributed by atoms with van der Waals surface area (Å²) in [4.78, 5) is 25.2. The number of aryl methyl sites for hydroxylation is 1. The number of ether oxygens (including phenoxy) is 1. The molecule has 2 N–H and O–H groups in total. The van der Waals surface area contributed by atoms with Gasteiger partial charge in [0.25, 0.3) is 5.91 Å². The second kappa shape index (κ2) is 8.97. The number of hydrogen-bond acceptors (Lipinski definition) is 7. The van der Waals surface area contributed by atoms with E-state index in [4.69, 9.17) is 4.74 Å². The second-order valence-electron chi connectivity index (χ2n) is 7.46. The molecule has 1 fully saturated rings. The summed E-state index contributed by atoms with van der Waals surface area (Å²) in [7, 11) is 1.66. The van der Waals surface area contributed by atoms with Crippen molar-refractivity contribution in [3.05, 3.63) is 46.6 Å². The highest BCUT2D eigenvalue weighted by atomic mass is 32.1. The molecule has 2 aromatic heterocycles. The Hall–Kier alpha value is -2.71. The molecule has 3 aromatic rings. The minimum atomic E-state index is -0.0892. The lowest BCUT2D eigenvalue weighted by Crippen LogP contribution is -2.37. The SMILES string of the molecule is COc1cccc(CCNc2ncnc3sc(C(=O)N4CCC[C@H]4CO)c(C)c23)c1. The van der Waals surface area contributed by atoms with Crippen LogP contribution in [0.15, 0.2) is 30.6 Å². The van der Waals surface area contributed by atoms with E-state index in [-0.39, 0.29) is 18.6 Å². The van der Waals surface area contributed by atoms with Crippen LogP contribution in [0.1, 0.15) is 33.6 Å². The molecule has 4 rings (SSSR count). The highest BCUT2D eigenvalue weighted by molar-refractivity contribution is 7.20. The largest absolute Gasteiger partial charge is 0.497 e. The van der Waals surface area contributed by atoms with Crippen LogP contribution < -0.4 is 10.1 Å². The monoisotopic (exact) mass is 426 g/mol. The minimum absolute atomic E-state index is 0.00651. The van der Waals surface area contributed by atoms with Crippen LogP contribution in [0.5, 0.6) is 5.75 Å². The molecule has 7 nitrogen and oxygen atoms in total. The van der Waals surface area contributed by atoms with Crippen molar-refractivity contribution in [3.8, 4) is 5.75 Å². The maximum atomic E-state index is 13.1. The Balaban J connectivity index is 1.54. The number of likely N-dealkylation sites (tertiary alicyclic amines) is 1. The summed E-state index contributed by atoms with van der Waals surface area (Å²) in [6, 6.07) is 7.92. The summed E-state index contributed by atoms with van der Waals surface area (Å²) in [6.07, 6.45) is 4.14. The van der Waals surface area contributed by atoms with Crippen molar-refractivity contribution in [1.82, 2.24) is 14.9 Å². The van der Waals surface area contributed by atoms with E-state index in [2.05, 4.69) is 21.4 Å². The summed E-state index contributed by atoms with van der Waals surface area (Å²) in [5.74, 6) is 1.57. The Labute approximate surface area is 179 Å². The van der Waals surface area contributed by atoms with Crippen LogP contribution in [0.3, 0.4) is 0 Å². The molecule has 1 saturated heterocycles. The van der Waals surface area contributed by atoms with Crippen molar-refractivity contribution < 1.29 is 14.6 Å². The van der Waals surface area contributed by atoms with Gasteiger partial charge in [0.1, 0.15) is 22.7 Å². The topological polar surface area (TPSA) is 87.6 Å². The van der Waals surface area contributed by atoms with Crippen LogP contribution >= 0.6 is 11.3 Å². The molecule has 8 heteroatoms. The highest BCUT2D eigenvalue weighted by Gasteiger charge is 2.31. The van der Waals surface area contributed by atoms with Crippen molar-refractivity contribution in [3.63, 3.8) is 0 Å². The van der Waals surface area contributed by atoms with E-state index in [1.54, 1.807) is 12.0 Å². The number of aliphatic hydroxyl groups excluding tert-OH is 1. The third-order valence-electron chi connectivity index (χ3n) is 5.61. The lowest BCUT2D eigenvalue weighted by molar-refractivity contribution is 0.0682. The number of methoxy groups -OCH3 is 1. The van der Waals surface area contributed by atoms with Crippen LogP contribution in [0.4, 0.5) is 5.82 Å². The zero-order valence-electron chi connectivity index (χ0n) is 17.2. The van der Waals surface area contributed by atoms with Gasteiger partial charge in [-0.25, -0.2) is 9.97 Å². The van der Waals surface area contributed by atoms with E-state index in [0.29, 0.717) is 18.0 Å². The fraction of sp³-hybridized carbons (Fsp3) is 0.409. The number of fused-ring (bicyclic) bond motifs is 1. The molecule has 0 unspecified atom stereocenters. The number of nitrogens with one attached hydrogen (secondary N) is 1. The van der Waals surface area contributed by atoms with E-state index in [0.717, 1.165) is 46.6 Å². The summed E-state index contributed by atoms with van der Waals surface area (Å²) in [5.41, 5.74) is 2.07. The van der Waals surface area contributed by atoms with Gasteiger partial charge in [0.2, 0.25) is 0 Å². The minimum Gasteiger partial charge on any atom is -0.497 e. The zero-order chi connectivity index (χ0) is 21.1. The number of anilines is 1. The molecule has 1 atom stereocenters. The predicted molar refractivity (Wildman–Crippen MR) is 118 cm³/mol. The van der Waals surface area contributed by atoms with E-state index in [1.807, 2.05) is 25.1 Å². The number of amides is 1. The fourth-order valence-corrected chi connectivity index (χ4v) is 5.09. The predicted octanol–water partition coefficient (Wildman–Crippen LogP) is 3.26. The summed E-state index contributed by atoms with van der Waals surface area (Å²) in [6.45, 7) is 3.35. The van der Waals surface area contributed by atoms with Crippen molar-refractivity contribution in [2.24, 2.45) is 0 Å². The first kappa shape index (κ1) is 20.6. The molecule has 0 radical (unpaired) electrons. The maximum absolute atomic E-state index is 13.1. The Kier molecular flexibility index (Phi) is 6.15. The molecule has 0 bridgehead atoms. The Morgan fingerprint density at radius 1 is 1.40 bits per heavy atom. The molecule has 1 aromatic carbocycles. The van der Waals surface area contributed by atoms with E-state index >= 15 is 0 Å². The van der Waals surface area contributed by atoms with Crippen LogP contribution in [0.25, 0.3) is 10.2 Å². The number of hydrogen-bond donors (Lipinski definition) is 2. The second-order valence-corrected chi connectivity index (χ2v) is 8.46. The van der Waals surface area contributed by atoms with E-state index in [1.165, 1.54) is 23.2 Å². The van der Waals surface area contributed by atoms with Gasteiger partial charge in [0.15, 0.2) is 0 Å². The van der Waals surface area contributed by atoms with Crippen LogP contribution in [0, 0.1) is 6.92 Å². The first-order valence-electron chi connectivity index (χ1n) is 10.1. The summed E-state index contributed by atoms with van der Waals surface area (Å²) in [5, 5.41) is 13.9. The Morgan fingerprint density at radius 3 is 3.07 bits per heavy atom. The third-order valence-corrected chi connectivity index (χ3v) is 6.80. The molecule has 0 spiro atoms. The van der Waals surface area contributed by atoms with Crippen LogP contribution in [0.2, 0.25) is 0 Å². The Morgan fingerprint density at radius 2 is 2.27 bits per heavy atom. The van der Waals surface area contributed by atoms with Gasteiger partial charge >= 0.3 is 0 Å². The van der Waals surface area contributed by atoms with Gasteiger partial charge in [-0.3, -0.25) is 4.79 Å². The molecule has 0 saturated carbocycles. The summed E-state index contributed by atoms with van der Waals surface area (Å²) >= 11 is 1.40. The van der Waals surface area contributed by atoms with Gasteiger partial charge in [-0.05, 0) is 49.4 Å². The summed E-state index contributed by atoms with van der Waals surface area (Å²) < 4.78 is 5.28. The fourth-order valence-electron chi connectivity index (χ4n) is 3.99. The van der Waals surface area contributed by atoms with Gasteiger partial charge in [-0.2, -0.15) is 0 Å².